The normalized spacial score (nSPS) is 16.7. The molecule has 0 spiro atoms. The number of aromatic nitrogens is 4. The third kappa shape index (κ3) is 3.75. The van der Waals surface area contributed by atoms with Gasteiger partial charge in [-0.25, -0.2) is 9.97 Å². The van der Waals surface area contributed by atoms with Gasteiger partial charge in [-0.1, -0.05) is 13.0 Å². The largest absolute Gasteiger partial charge is 0.334 e. The zero-order valence-corrected chi connectivity index (χ0v) is 14.9. The molecule has 3 aromatic heterocycles. The smallest absolute Gasteiger partial charge is 0.137 e. The molecule has 1 saturated heterocycles. The molecule has 0 aliphatic carbocycles. The lowest BCUT2D eigenvalue weighted by Gasteiger charge is -2.34. The van der Waals surface area contributed by atoms with Crippen LogP contribution in [0.15, 0.2) is 43.0 Å². The van der Waals surface area contributed by atoms with Crippen molar-refractivity contribution in [1.82, 2.24) is 28.7 Å². The van der Waals surface area contributed by atoms with Gasteiger partial charge in [-0.2, -0.15) is 0 Å². The second-order valence-electron chi connectivity index (χ2n) is 6.71. The average Bonchev–Trinajstić information content (AvgIpc) is 3.26. The molecule has 6 nitrogen and oxygen atoms in total. The Kier molecular flexibility index (Phi) is 4.81. The van der Waals surface area contributed by atoms with Gasteiger partial charge in [-0.15, -0.1) is 0 Å². The third-order valence-corrected chi connectivity index (χ3v) is 5.04. The van der Waals surface area contributed by atoms with Crippen LogP contribution in [0, 0.1) is 0 Å². The van der Waals surface area contributed by atoms with Gasteiger partial charge in [0.05, 0.1) is 5.69 Å². The molecule has 0 saturated carbocycles. The molecule has 0 unspecified atom stereocenters. The Morgan fingerprint density at radius 3 is 2.64 bits per heavy atom. The lowest BCUT2D eigenvalue weighted by atomic mass is 10.3. The summed E-state index contributed by atoms with van der Waals surface area (Å²) < 4.78 is 4.38. The maximum atomic E-state index is 4.71. The van der Waals surface area contributed by atoms with E-state index in [0.717, 1.165) is 63.6 Å². The predicted molar refractivity (Wildman–Crippen MR) is 98.5 cm³/mol. The van der Waals surface area contributed by atoms with Crippen LogP contribution in [0.2, 0.25) is 0 Å². The number of nitrogens with zero attached hydrogens (tertiary/aromatic N) is 6. The summed E-state index contributed by atoms with van der Waals surface area (Å²) in [7, 11) is 0. The first-order valence-corrected chi connectivity index (χ1v) is 9.19. The highest BCUT2D eigenvalue weighted by atomic mass is 15.3. The number of aryl methyl sites for hydroxylation is 1. The van der Waals surface area contributed by atoms with Crippen LogP contribution in [0.1, 0.15) is 18.4 Å². The number of pyridine rings is 1. The van der Waals surface area contributed by atoms with E-state index in [9.17, 15) is 0 Å². The fourth-order valence-electron chi connectivity index (χ4n) is 3.57. The standard InChI is InChI=1S/C19H26N6/c1-2-18-20-6-8-24(18)14-13-22-9-11-23(12-10-22)15-17-16-25-7-4-3-5-19(25)21-17/h3-8,16H,2,9-15H2,1H3. The number of fused-ring (bicyclic) bond motifs is 1. The van der Waals surface area contributed by atoms with Crippen LogP contribution in [0.3, 0.4) is 0 Å². The number of hydrogen-bond acceptors (Lipinski definition) is 4. The highest BCUT2D eigenvalue weighted by molar-refractivity contribution is 5.39. The van der Waals surface area contributed by atoms with E-state index < -0.39 is 0 Å². The first-order chi connectivity index (χ1) is 12.3. The molecule has 0 radical (unpaired) electrons. The van der Waals surface area contributed by atoms with Crippen molar-refractivity contribution in [3.8, 4) is 0 Å². The Balaban J connectivity index is 1.26. The maximum absolute atomic E-state index is 4.71. The minimum Gasteiger partial charge on any atom is -0.334 e. The van der Waals surface area contributed by atoms with Crippen molar-refractivity contribution in [1.29, 1.82) is 0 Å². The van der Waals surface area contributed by atoms with Crippen molar-refractivity contribution in [3.63, 3.8) is 0 Å². The second kappa shape index (κ2) is 7.37. The van der Waals surface area contributed by atoms with Crippen molar-refractivity contribution in [3.05, 3.63) is 54.5 Å². The quantitative estimate of drug-likeness (QED) is 0.688. The van der Waals surface area contributed by atoms with Gasteiger partial charge in [0.1, 0.15) is 11.5 Å². The molecular formula is C19H26N6. The average molecular weight is 338 g/mol. The predicted octanol–water partition coefficient (Wildman–Crippen LogP) is 1.91. The fraction of sp³-hybridized carbons (Fsp3) is 0.474. The molecule has 3 aromatic rings. The van der Waals surface area contributed by atoms with Gasteiger partial charge in [0, 0.05) is 77.0 Å². The van der Waals surface area contributed by atoms with Crippen molar-refractivity contribution >= 4 is 5.65 Å². The highest BCUT2D eigenvalue weighted by Crippen LogP contribution is 2.10. The molecule has 0 bridgehead atoms. The van der Waals surface area contributed by atoms with E-state index in [1.807, 2.05) is 18.3 Å². The Morgan fingerprint density at radius 1 is 1.00 bits per heavy atom. The lowest BCUT2D eigenvalue weighted by Crippen LogP contribution is -2.46. The Bertz CT molecular complexity index is 779. The molecule has 0 amide bonds. The van der Waals surface area contributed by atoms with E-state index in [1.54, 1.807) is 0 Å². The molecule has 0 aromatic carbocycles. The van der Waals surface area contributed by atoms with Crippen molar-refractivity contribution in [2.45, 2.75) is 26.4 Å². The number of imidazole rings is 2. The molecule has 1 fully saturated rings. The second-order valence-corrected chi connectivity index (χ2v) is 6.71. The van der Waals surface area contributed by atoms with Crippen LogP contribution < -0.4 is 0 Å². The van der Waals surface area contributed by atoms with E-state index in [1.165, 1.54) is 5.82 Å². The molecule has 4 heterocycles. The SMILES string of the molecule is CCc1nccn1CCN1CCN(Cc2cn3ccccc3n2)CC1. The van der Waals surface area contributed by atoms with Crippen LogP contribution in [0.4, 0.5) is 0 Å². The minimum absolute atomic E-state index is 0.941. The lowest BCUT2D eigenvalue weighted by molar-refractivity contribution is 0.123. The summed E-state index contributed by atoms with van der Waals surface area (Å²) in [4.78, 5) is 14.2. The van der Waals surface area contributed by atoms with Gasteiger partial charge in [0.15, 0.2) is 0 Å². The fourth-order valence-corrected chi connectivity index (χ4v) is 3.57. The topological polar surface area (TPSA) is 41.6 Å². The number of hydrogen-bond donors (Lipinski definition) is 0. The summed E-state index contributed by atoms with van der Waals surface area (Å²) in [5.41, 5.74) is 2.19. The van der Waals surface area contributed by atoms with Crippen molar-refractivity contribution in [2.24, 2.45) is 0 Å². The molecular weight excluding hydrogens is 312 g/mol. The molecule has 25 heavy (non-hydrogen) atoms. The van der Waals surface area contributed by atoms with Crippen LogP contribution >= 0.6 is 0 Å². The van der Waals surface area contributed by atoms with E-state index >= 15 is 0 Å². The summed E-state index contributed by atoms with van der Waals surface area (Å²) in [6.07, 6.45) is 9.21. The van der Waals surface area contributed by atoms with Crippen molar-refractivity contribution < 1.29 is 0 Å². The zero-order chi connectivity index (χ0) is 17.1. The summed E-state index contributed by atoms with van der Waals surface area (Å²) in [6.45, 7) is 9.72. The van der Waals surface area contributed by atoms with Gasteiger partial charge in [-0.05, 0) is 12.1 Å². The molecule has 6 heteroatoms. The molecule has 0 N–H and O–H groups in total. The summed E-state index contributed by atoms with van der Waals surface area (Å²) >= 11 is 0. The van der Waals surface area contributed by atoms with E-state index in [0.29, 0.717) is 0 Å². The molecule has 1 aliphatic heterocycles. The first kappa shape index (κ1) is 16.3. The Labute approximate surface area is 148 Å². The first-order valence-electron chi connectivity index (χ1n) is 9.19. The van der Waals surface area contributed by atoms with E-state index in [2.05, 4.69) is 55.3 Å². The maximum Gasteiger partial charge on any atom is 0.137 e. The van der Waals surface area contributed by atoms with E-state index in [4.69, 9.17) is 4.98 Å². The van der Waals surface area contributed by atoms with Gasteiger partial charge in [0.25, 0.3) is 0 Å². The Morgan fingerprint density at radius 2 is 1.84 bits per heavy atom. The molecule has 132 valence electrons. The Hall–Kier alpha value is -2.18. The van der Waals surface area contributed by atoms with Crippen LogP contribution in [-0.2, 0) is 19.5 Å². The summed E-state index contributed by atoms with van der Waals surface area (Å²) in [5.74, 6) is 1.19. The minimum atomic E-state index is 0.941. The zero-order valence-electron chi connectivity index (χ0n) is 14.9. The van der Waals surface area contributed by atoms with Crippen LogP contribution in [0.5, 0.6) is 0 Å². The van der Waals surface area contributed by atoms with Gasteiger partial charge < -0.3 is 8.97 Å². The molecule has 0 atom stereocenters. The number of rotatable bonds is 6. The highest BCUT2D eigenvalue weighted by Gasteiger charge is 2.18. The van der Waals surface area contributed by atoms with Gasteiger partial charge >= 0.3 is 0 Å². The van der Waals surface area contributed by atoms with E-state index in [-0.39, 0.29) is 0 Å². The number of piperazine rings is 1. The van der Waals surface area contributed by atoms with Crippen molar-refractivity contribution in [2.75, 3.05) is 32.7 Å². The summed E-state index contributed by atoms with van der Waals surface area (Å²) in [6, 6.07) is 6.14. The molecule has 1 aliphatic rings. The summed E-state index contributed by atoms with van der Waals surface area (Å²) in [5, 5.41) is 0. The van der Waals surface area contributed by atoms with Crippen LogP contribution in [0.25, 0.3) is 5.65 Å². The monoisotopic (exact) mass is 338 g/mol. The van der Waals surface area contributed by atoms with Crippen LogP contribution in [-0.4, -0.2) is 61.5 Å². The third-order valence-electron chi connectivity index (χ3n) is 5.04. The molecule has 4 rings (SSSR count). The van der Waals surface area contributed by atoms with Gasteiger partial charge in [0.2, 0.25) is 0 Å². The van der Waals surface area contributed by atoms with Gasteiger partial charge in [-0.3, -0.25) is 9.80 Å².